The first kappa shape index (κ1) is 13.8. The number of aliphatic hydroxyl groups excluding tert-OH is 1. The molecule has 4 rings (SSSR count). The zero-order valence-electron chi connectivity index (χ0n) is 12.5. The van der Waals surface area contributed by atoms with Gasteiger partial charge in [0.15, 0.2) is 0 Å². The molecule has 0 saturated heterocycles. The number of hydrogen-bond donors (Lipinski definition) is 1. The number of aromatic nitrogens is 2. The Morgan fingerprint density at radius 3 is 2.00 bits per heavy atom. The van der Waals surface area contributed by atoms with Crippen molar-refractivity contribution in [1.29, 1.82) is 0 Å². The minimum absolute atomic E-state index is 0.155. The maximum Gasteiger partial charge on any atom is 0.116 e. The molecule has 2 aromatic heterocycles. The Hall–Kier alpha value is -2.85. The van der Waals surface area contributed by atoms with Gasteiger partial charge in [-0.15, -0.1) is 0 Å². The summed E-state index contributed by atoms with van der Waals surface area (Å²) >= 11 is 0. The summed E-state index contributed by atoms with van der Waals surface area (Å²) in [5.74, 6) is 0. The van der Waals surface area contributed by atoms with Gasteiger partial charge in [-0.2, -0.15) is 0 Å². The van der Waals surface area contributed by atoms with Crippen LogP contribution in [0.5, 0.6) is 0 Å². The van der Waals surface area contributed by atoms with Gasteiger partial charge in [0.25, 0.3) is 0 Å². The van der Waals surface area contributed by atoms with Gasteiger partial charge in [-0.25, -0.2) is 4.99 Å². The molecule has 1 N–H and O–H groups in total. The van der Waals surface area contributed by atoms with Crippen LogP contribution in [0.4, 0.5) is 5.69 Å². The second kappa shape index (κ2) is 5.74. The van der Waals surface area contributed by atoms with Crippen LogP contribution < -0.4 is 0 Å². The van der Waals surface area contributed by atoms with E-state index in [0.717, 1.165) is 39.5 Å². The molecule has 1 aliphatic rings. The average Bonchev–Trinajstić information content (AvgIpc) is 2.92. The molecule has 0 bridgehead atoms. The molecule has 4 heteroatoms. The highest BCUT2D eigenvalue weighted by molar-refractivity contribution is 6.22. The Bertz CT molecular complexity index is 838. The molecule has 1 aromatic carbocycles. The van der Waals surface area contributed by atoms with E-state index in [1.165, 1.54) is 0 Å². The molecule has 1 aliphatic carbocycles. The topological polar surface area (TPSA) is 58.4 Å². The summed E-state index contributed by atoms with van der Waals surface area (Å²) < 4.78 is 0. The Morgan fingerprint density at radius 2 is 1.43 bits per heavy atom. The summed E-state index contributed by atoms with van der Waals surface area (Å²) in [6, 6.07) is 15.9. The van der Waals surface area contributed by atoms with Gasteiger partial charge in [-0.3, -0.25) is 9.97 Å². The maximum absolute atomic E-state index is 8.99. The van der Waals surface area contributed by atoms with Crippen molar-refractivity contribution in [2.75, 3.05) is 6.61 Å². The SMILES string of the molecule is OCCc1ccc(N=C2c3ncccc3-c3cccnc32)cc1. The van der Waals surface area contributed by atoms with E-state index in [0.29, 0.717) is 6.42 Å². The van der Waals surface area contributed by atoms with Gasteiger partial charge in [-0.05, 0) is 36.2 Å². The molecule has 0 saturated carbocycles. The molecule has 0 amide bonds. The minimum Gasteiger partial charge on any atom is -0.396 e. The van der Waals surface area contributed by atoms with Crippen molar-refractivity contribution in [3.05, 3.63) is 77.9 Å². The highest BCUT2D eigenvalue weighted by Gasteiger charge is 2.26. The maximum atomic E-state index is 8.99. The summed E-state index contributed by atoms with van der Waals surface area (Å²) in [6.45, 7) is 0.155. The first-order valence-electron chi connectivity index (χ1n) is 7.56. The first-order chi connectivity index (χ1) is 11.4. The lowest BCUT2D eigenvalue weighted by Gasteiger charge is -2.02. The third-order valence-corrected chi connectivity index (χ3v) is 3.93. The van der Waals surface area contributed by atoms with Gasteiger partial charge in [0.2, 0.25) is 0 Å². The van der Waals surface area contributed by atoms with E-state index in [-0.39, 0.29) is 6.61 Å². The number of fused-ring (bicyclic) bond motifs is 3. The van der Waals surface area contributed by atoms with Gasteiger partial charge < -0.3 is 5.11 Å². The van der Waals surface area contributed by atoms with E-state index >= 15 is 0 Å². The van der Waals surface area contributed by atoms with Crippen LogP contribution in [0.1, 0.15) is 17.0 Å². The molecule has 0 aliphatic heterocycles. The smallest absolute Gasteiger partial charge is 0.116 e. The van der Waals surface area contributed by atoms with Crippen molar-refractivity contribution in [1.82, 2.24) is 9.97 Å². The van der Waals surface area contributed by atoms with Gasteiger partial charge >= 0.3 is 0 Å². The predicted molar refractivity (Wildman–Crippen MR) is 90.0 cm³/mol. The molecular weight excluding hydrogens is 286 g/mol. The summed E-state index contributed by atoms with van der Waals surface area (Å²) in [7, 11) is 0. The second-order valence-corrected chi connectivity index (χ2v) is 5.40. The van der Waals surface area contributed by atoms with Gasteiger partial charge in [0.05, 0.1) is 17.1 Å². The van der Waals surface area contributed by atoms with Crippen LogP contribution in [0.3, 0.4) is 0 Å². The van der Waals surface area contributed by atoms with E-state index < -0.39 is 0 Å². The van der Waals surface area contributed by atoms with Crippen molar-refractivity contribution in [2.45, 2.75) is 6.42 Å². The van der Waals surface area contributed by atoms with Crippen molar-refractivity contribution in [3.63, 3.8) is 0 Å². The van der Waals surface area contributed by atoms with Crippen LogP contribution in [0, 0.1) is 0 Å². The van der Waals surface area contributed by atoms with Crippen LogP contribution >= 0.6 is 0 Å². The Labute approximate surface area is 134 Å². The zero-order chi connectivity index (χ0) is 15.6. The molecule has 0 unspecified atom stereocenters. The monoisotopic (exact) mass is 301 g/mol. The van der Waals surface area contributed by atoms with Crippen molar-refractivity contribution < 1.29 is 5.11 Å². The number of rotatable bonds is 3. The van der Waals surface area contributed by atoms with Crippen LogP contribution in [-0.4, -0.2) is 27.4 Å². The molecule has 4 nitrogen and oxygen atoms in total. The number of aliphatic imine (C=N–C) groups is 1. The summed E-state index contributed by atoms with van der Waals surface area (Å²) in [4.78, 5) is 13.8. The summed E-state index contributed by atoms with van der Waals surface area (Å²) in [6.07, 6.45) is 4.22. The lowest BCUT2D eigenvalue weighted by Crippen LogP contribution is -2.02. The van der Waals surface area contributed by atoms with E-state index in [2.05, 4.69) is 22.1 Å². The van der Waals surface area contributed by atoms with Gasteiger partial charge in [0.1, 0.15) is 5.71 Å². The zero-order valence-corrected chi connectivity index (χ0v) is 12.5. The number of aliphatic hydroxyl groups is 1. The fourth-order valence-electron chi connectivity index (χ4n) is 2.84. The summed E-state index contributed by atoms with van der Waals surface area (Å²) in [5, 5.41) is 8.99. The first-order valence-corrected chi connectivity index (χ1v) is 7.56. The average molecular weight is 301 g/mol. The fraction of sp³-hybridized carbons (Fsp3) is 0.105. The quantitative estimate of drug-likeness (QED) is 0.632. The Balaban J connectivity index is 1.82. The van der Waals surface area contributed by atoms with Crippen LogP contribution in [0.2, 0.25) is 0 Å². The number of pyridine rings is 2. The normalized spacial score (nSPS) is 12.0. The lowest BCUT2D eigenvalue weighted by molar-refractivity contribution is 0.299. The van der Waals surface area contributed by atoms with E-state index in [4.69, 9.17) is 10.1 Å². The van der Waals surface area contributed by atoms with Crippen molar-refractivity contribution in [3.8, 4) is 11.1 Å². The molecule has 2 heterocycles. The van der Waals surface area contributed by atoms with E-state index in [1.54, 1.807) is 12.4 Å². The van der Waals surface area contributed by atoms with Crippen LogP contribution in [-0.2, 0) is 6.42 Å². The second-order valence-electron chi connectivity index (χ2n) is 5.40. The molecule has 112 valence electrons. The number of benzene rings is 1. The van der Waals surface area contributed by atoms with Gasteiger partial charge in [0, 0.05) is 30.1 Å². The summed E-state index contributed by atoms with van der Waals surface area (Å²) in [5.41, 5.74) is 6.67. The minimum atomic E-state index is 0.155. The van der Waals surface area contributed by atoms with Crippen LogP contribution in [0.15, 0.2) is 65.9 Å². The number of nitrogens with zero attached hydrogens (tertiary/aromatic N) is 3. The predicted octanol–water partition coefficient (Wildman–Crippen LogP) is 3.16. The Kier molecular flexibility index (Phi) is 3.44. The fourth-order valence-corrected chi connectivity index (χ4v) is 2.84. The van der Waals surface area contributed by atoms with Crippen LogP contribution in [0.25, 0.3) is 11.1 Å². The molecule has 0 atom stereocenters. The third kappa shape index (κ3) is 2.43. The van der Waals surface area contributed by atoms with E-state index in [9.17, 15) is 0 Å². The molecular formula is C19H15N3O. The highest BCUT2D eigenvalue weighted by Crippen LogP contribution is 2.35. The van der Waals surface area contributed by atoms with Gasteiger partial charge in [-0.1, -0.05) is 24.3 Å². The number of hydrogen-bond acceptors (Lipinski definition) is 4. The third-order valence-electron chi connectivity index (χ3n) is 3.93. The van der Waals surface area contributed by atoms with Crippen molar-refractivity contribution >= 4 is 11.4 Å². The Morgan fingerprint density at radius 1 is 0.826 bits per heavy atom. The highest BCUT2D eigenvalue weighted by atomic mass is 16.2. The molecule has 0 spiro atoms. The molecule has 23 heavy (non-hydrogen) atoms. The lowest BCUT2D eigenvalue weighted by atomic mass is 10.1. The largest absolute Gasteiger partial charge is 0.396 e. The molecule has 3 aromatic rings. The molecule has 0 radical (unpaired) electrons. The standard InChI is InChI=1S/C19H15N3O/c23-12-9-13-5-7-14(8-6-13)22-19-17-15(3-1-10-20-17)16-4-2-11-21-18(16)19/h1-8,10-11,23H,9,12H2. The molecule has 0 fully saturated rings. The van der Waals surface area contributed by atoms with E-state index in [1.807, 2.05) is 36.4 Å². The van der Waals surface area contributed by atoms with Crippen molar-refractivity contribution in [2.24, 2.45) is 4.99 Å².